The zero-order valence-corrected chi connectivity index (χ0v) is 19.0. The highest BCUT2D eigenvalue weighted by molar-refractivity contribution is 7.89. The molecule has 0 bridgehead atoms. The van der Waals surface area contributed by atoms with Gasteiger partial charge in [-0.2, -0.15) is 4.98 Å². The summed E-state index contributed by atoms with van der Waals surface area (Å²) in [6.45, 7) is 1.92. The minimum atomic E-state index is -3.74. The zero-order chi connectivity index (χ0) is 23.7. The van der Waals surface area contributed by atoms with Crippen molar-refractivity contribution in [2.45, 2.75) is 11.8 Å². The number of aromatic nitrogens is 4. The largest absolute Gasteiger partial charge is 0.340 e. The Bertz CT molecular complexity index is 1580. The number of primary sulfonamides is 1. The Morgan fingerprint density at radius 3 is 2.38 bits per heavy atom. The van der Waals surface area contributed by atoms with Crippen LogP contribution >= 0.6 is 0 Å². The fourth-order valence-electron chi connectivity index (χ4n) is 3.57. The lowest BCUT2D eigenvalue weighted by Crippen LogP contribution is -2.11. The fourth-order valence-corrected chi connectivity index (χ4v) is 4.09. The third-order valence-corrected chi connectivity index (χ3v) is 6.23. The highest BCUT2D eigenvalue weighted by Gasteiger charge is 2.10. The maximum Gasteiger partial charge on any atom is 0.238 e. The molecule has 10 heteroatoms. The predicted molar refractivity (Wildman–Crippen MR) is 132 cm³/mol. The fraction of sp³-hybridized carbons (Fsp3) is 0.0417. The highest BCUT2D eigenvalue weighted by atomic mass is 32.2. The van der Waals surface area contributed by atoms with Crippen LogP contribution in [0.15, 0.2) is 90.3 Å². The molecule has 0 amide bonds. The lowest BCUT2D eigenvalue weighted by molar-refractivity contribution is 0.598. The molecule has 0 aliphatic heterocycles. The summed E-state index contributed by atoms with van der Waals surface area (Å²) in [4.78, 5) is 13.0. The van der Waals surface area contributed by atoms with Crippen LogP contribution in [-0.2, 0) is 10.0 Å². The van der Waals surface area contributed by atoms with Crippen molar-refractivity contribution in [2.75, 3.05) is 10.6 Å². The normalized spacial score (nSPS) is 11.5. The molecule has 0 aliphatic rings. The minimum Gasteiger partial charge on any atom is -0.340 e. The van der Waals surface area contributed by atoms with Gasteiger partial charge >= 0.3 is 0 Å². The number of fused-ring (bicyclic) bond motifs is 1. The molecule has 34 heavy (non-hydrogen) atoms. The number of hydrogen-bond acceptors (Lipinski definition) is 7. The molecule has 0 unspecified atom stereocenters. The highest BCUT2D eigenvalue weighted by Crippen LogP contribution is 2.26. The van der Waals surface area contributed by atoms with Crippen LogP contribution in [0.5, 0.6) is 0 Å². The van der Waals surface area contributed by atoms with Gasteiger partial charge in [0.25, 0.3) is 0 Å². The van der Waals surface area contributed by atoms with Crippen molar-refractivity contribution in [3.05, 3.63) is 91.0 Å². The first kappa shape index (κ1) is 21.6. The summed E-state index contributed by atoms with van der Waals surface area (Å²) in [5, 5.41) is 12.7. The Morgan fingerprint density at radius 1 is 0.912 bits per heavy atom. The average Bonchev–Trinajstić information content (AvgIpc) is 3.25. The van der Waals surface area contributed by atoms with Gasteiger partial charge in [-0.1, -0.05) is 0 Å². The topological polar surface area (TPSA) is 128 Å². The first-order valence-corrected chi connectivity index (χ1v) is 11.9. The first-order chi connectivity index (χ1) is 16.4. The molecule has 5 aromatic rings. The molecule has 0 fully saturated rings. The van der Waals surface area contributed by atoms with Crippen molar-refractivity contribution in [1.29, 1.82) is 0 Å². The molecule has 0 aliphatic carbocycles. The maximum absolute atomic E-state index is 11.4. The lowest BCUT2D eigenvalue weighted by Gasteiger charge is -2.12. The van der Waals surface area contributed by atoms with Crippen LogP contribution in [0.1, 0.15) is 5.56 Å². The molecule has 170 valence electrons. The Hall–Kier alpha value is -4.28. The van der Waals surface area contributed by atoms with Gasteiger partial charge < -0.3 is 15.2 Å². The van der Waals surface area contributed by atoms with Crippen LogP contribution in [0.4, 0.5) is 23.1 Å². The third kappa shape index (κ3) is 4.45. The van der Waals surface area contributed by atoms with Crippen LogP contribution in [0.3, 0.4) is 0 Å². The van der Waals surface area contributed by atoms with Crippen molar-refractivity contribution in [3.63, 3.8) is 0 Å². The molecular weight excluding hydrogens is 450 g/mol. The molecule has 3 heterocycles. The molecule has 0 atom stereocenters. The summed E-state index contributed by atoms with van der Waals surface area (Å²) in [5.41, 5.74) is 4.54. The van der Waals surface area contributed by atoms with Gasteiger partial charge in [0.05, 0.1) is 10.4 Å². The van der Waals surface area contributed by atoms with Crippen molar-refractivity contribution in [3.8, 4) is 5.69 Å². The first-order valence-electron chi connectivity index (χ1n) is 10.4. The molecule has 3 aromatic heterocycles. The van der Waals surface area contributed by atoms with E-state index in [1.54, 1.807) is 30.7 Å². The summed E-state index contributed by atoms with van der Waals surface area (Å²) >= 11 is 0. The number of nitrogens with two attached hydrogens (primary N) is 1. The van der Waals surface area contributed by atoms with Crippen molar-refractivity contribution < 1.29 is 8.42 Å². The van der Waals surface area contributed by atoms with E-state index in [9.17, 15) is 8.42 Å². The van der Waals surface area contributed by atoms with E-state index in [-0.39, 0.29) is 4.90 Å². The van der Waals surface area contributed by atoms with Gasteiger partial charge in [0.2, 0.25) is 16.0 Å². The Labute approximate surface area is 196 Å². The van der Waals surface area contributed by atoms with Crippen molar-refractivity contribution in [1.82, 2.24) is 19.5 Å². The van der Waals surface area contributed by atoms with Crippen molar-refractivity contribution >= 4 is 44.1 Å². The van der Waals surface area contributed by atoms with Gasteiger partial charge in [-0.3, -0.25) is 4.98 Å². The summed E-state index contributed by atoms with van der Waals surface area (Å²) in [7, 11) is -3.74. The summed E-state index contributed by atoms with van der Waals surface area (Å²) in [6, 6.07) is 18.2. The van der Waals surface area contributed by atoms with E-state index in [1.165, 1.54) is 12.1 Å². The molecule has 0 radical (unpaired) electrons. The molecular formula is C24H21N7O2S. The molecule has 0 saturated heterocycles. The number of benzene rings is 2. The second-order valence-electron chi connectivity index (χ2n) is 7.71. The van der Waals surface area contributed by atoms with Gasteiger partial charge in [0, 0.05) is 52.8 Å². The standard InChI is InChI=1S/C24H21N7O2S/c1-16-15-27-24(29-18-2-5-21(6-3-18)34(25,32)33)30-23(16)28-19-4-7-22-17(14-19)10-13-31(22)20-8-11-26-12-9-20/h2-15H,1H3,(H2,25,32,33)(H2,27,28,29,30). The molecule has 9 nitrogen and oxygen atoms in total. The number of anilines is 4. The SMILES string of the molecule is Cc1cnc(Nc2ccc(S(N)(=O)=O)cc2)nc1Nc1ccc2c(ccn2-c2ccncc2)c1. The number of hydrogen-bond donors (Lipinski definition) is 3. The monoisotopic (exact) mass is 471 g/mol. The maximum atomic E-state index is 11.4. The Morgan fingerprint density at radius 2 is 1.65 bits per heavy atom. The van der Waals surface area contributed by atoms with Crippen LogP contribution < -0.4 is 15.8 Å². The second kappa shape index (κ2) is 8.58. The number of nitrogens with one attached hydrogen (secondary N) is 2. The van der Waals surface area contributed by atoms with E-state index >= 15 is 0 Å². The summed E-state index contributed by atoms with van der Waals surface area (Å²) in [5.74, 6) is 1.04. The van der Waals surface area contributed by atoms with Gasteiger partial charge in [0.15, 0.2) is 0 Å². The van der Waals surface area contributed by atoms with Crippen LogP contribution in [-0.4, -0.2) is 27.9 Å². The van der Waals surface area contributed by atoms with Crippen LogP contribution in [0.2, 0.25) is 0 Å². The smallest absolute Gasteiger partial charge is 0.238 e. The van der Waals surface area contributed by atoms with E-state index < -0.39 is 10.0 Å². The number of nitrogens with zero attached hydrogens (tertiary/aromatic N) is 4. The zero-order valence-electron chi connectivity index (χ0n) is 18.2. The third-order valence-electron chi connectivity index (χ3n) is 5.30. The quantitative estimate of drug-likeness (QED) is 0.338. The number of pyridine rings is 1. The molecule has 0 spiro atoms. The van der Waals surface area contributed by atoms with Crippen LogP contribution in [0, 0.1) is 6.92 Å². The van der Waals surface area contributed by atoms with Gasteiger partial charge in [0.1, 0.15) is 5.82 Å². The van der Waals surface area contributed by atoms with Gasteiger partial charge in [-0.25, -0.2) is 18.5 Å². The molecule has 2 aromatic carbocycles. The van der Waals surface area contributed by atoms with E-state index in [0.29, 0.717) is 17.5 Å². The van der Waals surface area contributed by atoms with E-state index in [0.717, 1.165) is 27.8 Å². The van der Waals surface area contributed by atoms with Gasteiger partial charge in [-0.05, 0) is 67.6 Å². The molecule has 4 N–H and O–H groups in total. The summed E-state index contributed by atoms with van der Waals surface area (Å²) in [6.07, 6.45) is 7.29. The Kier molecular flexibility index (Phi) is 5.44. The number of sulfonamides is 1. The molecule has 5 rings (SSSR count). The minimum absolute atomic E-state index is 0.0402. The van der Waals surface area contributed by atoms with Crippen molar-refractivity contribution in [2.24, 2.45) is 5.14 Å². The summed E-state index contributed by atoms with van der Waals surface area (Å²) < 4.78 is 25.0. The number of rotatable bonds is 6. The average molecular weight is 472 g/mol. The second-order valence-corrected chi connectivity index (χ2v) is 9.27. The van der Waals surface area contributed by atoms with Gasteiger partial charge in [-0.15, -0.1) is 0 Å². The van der Waals surface area contributed by atoms with Crippen LogP contribution in [0.25, 0.3) is 16.6 Å². The van der Waals surface area contributed by atoms with E-state index in [1.807, 2.05) is 31.3 Å². The number of aryl methyl sites for hydroxylation is 1. The predicted octanol–water partition coefficient (Wildman–Crippen LogP) is 4.26. The molecule has 0 saturated carbocycles. The van der Waals surface area contributed by atoms with E-state index in [2.05, 4.69) is 48.4 Å². The lowest BCUT2D eigenvalue weighted by atomic mass is 10.2. The van der Waals surface area contributed by atoms with E-state index in [4.69, 9.17) is 5.14 Å². The Balaban J connectivity index is 1.38.